The van der Waals surface area contributed by atoms with Gasteiger partial charge in [0, 0.05) is 6.07 Å². The zero-order valence-electron chi connectivity index (χ0n) is 15.6. The Morgan fingerprint density at radius 3 is 2.38 bits per heavy atom. The van der Waals surface area contributed by atoms with Gasteiger partial charge < -0.3 is 10.1 Å². The van der Waals surface area contributed by atoms with Gasteiger partial charge in [0.05, 0.1) is 33.1 Å². The number of carbonyl (C=O) groups excluding carboxylic acids is 2. The molecule has 6 nitrogen and oxygen atoms in total. The number of hydrogen-bond donors (Lipinski definition) is 2. The number of hydrogen-bond acceptors (Lipinski definition) is 4. The number of benzene rings is 2. The third kappa shape index (κ3) is 5.65. The van der Waals surface area contributed by atoms with Crippen LogP contribution in [0.1, 0.15) is 15.9 Å². The van der Waals surface area contributed by atoms with Crippen molar-refractivity contribution >= 4 is 40.8 Å². The van der Waals surface area contributed by atoms with Crippen molar-refractivity contribution in [2.24, 2.45) is 0 Å². The number of imide groups is 1. The fourth-order valence-corrected chi connectivity index (χ4v) is 2.83. The number of halogens is 6. The molecular weight excluding hydrogens is 477 g/mol. The standard InChI is InChI=1S/C20H11Cl2F4N3O3/c21-12-6-4-10(20(24,25)26)8-15(12)32-16-7-5-11(9-27-16)28-19(31)29-18(30)17-13(22)2-1-3-14(17)23/h1-9H,(H2,28,29,30,31). The minimum atomic E-state index is -4.58. The summed E-state index contributed by atoms with van der Waals surface area (Å²) in [7, 11) is 0. The van der Waals surface area contributed by atoms with E-state index in [-0.39, 0.29) is 27.4 Å². The van der Waals surface area contributed by atoms with Crippen molar-refractivity contribution in [3.05, 3.63) is 81.7 Å². The highest BCUT2D eigenvalue weighted by Gasteiger charge is 2.31. The summed E-state index contributed by atoms with van der Waals surface area (Å²) in [6, 6.07) is 7.74. The van der Waals surface area contributed by atoms with E-state index in [0.29, 0.717) is 0 Å². The van der Waals surface area contributed by atoms with Gasteiger partial charge in [-0.1, -0.05) is 29.3 Å². The van der Waals surface area contributed by atoms with Gasteiger partial charge in [-0.05, 0) is 36.4 Å². The van der Waals surface area contributed by atoms with Gasteiger partial charge in [-0.25, -0.2) is 14.2 Å². The number of aromatic nitrogens is 1. The Balaban J connectivity index is 1.65. The topological polar surface area (TPSA) is 80.3 Å². The second-order valence-electron chi connectivity index (χ2n) is 6.14. The Hall–Kier alpha value is -3.37. The van der Waals surface area contributed by atoms with Gasteiger partial charge in [0.15, 0.2) is 0 Å². The molecular formula is C20H11Cl2F4N3O3. The minimum Gasteiger partial charge on any atom is -0.437 e. The lowest BCUT2D eigenvalue weighted by Gasteiger charge is -2.12. The summed E-state index contributed by atoms with van der Waals surface area (Å²) in [6.45, 7) is 0. The van der Waals surface area contributed by atoms with Crippen LogP contribution in [0.15, 0.2) is 54.7 Å². The summed E-state index contributed by atoms with van der Waals surface area (Å²) >= 11 is 11.6. The number of rotatable bonds is 4. The van der Waals surface area contributed by atoms with Gasteiger partial charge in [-0.15, -0.1) is 0 Å². The van der Waals surface area contributed by atoms with Gasteiger partial charge in [-0.2, -0.15) is 13.2 Å². The Kier molecular flexibility index (Phi) is 6.85. The summed E-state index contributed by atoms with van der Waals surface area (Å²) in [6.07, 6.45) is -3.46. The quantitative estimate of drug-likeness (QED) is 0.423. The number of amides is 3. The predicted molar refractivity (Wildman–Crippen MR) is 109 cm³/mol. The van der Waals surface area contributed by atoms with Gasteiger partial charge in [0.1, 0.15) is 11.6 Å². The number of urea groups is 1. The van der Waals surface area contributed by atoms with Crippen molar-refractivity contribution in [3.8, 4) is 11.6 Å². The maximum absolute atomic E-state index is 13.7. The number of ether oxygens (including phenoxy) is 1. The summed E-state index contributed by atoms with van der Waals surface area (Å²) < 4.78 is 57.5. The molecule has 0 spiro atoms. The molecule has 0 bridgehead atoms. The molecule has 32 heavy (non-hydrogen) atoms. The molecule has 2 N–H and O–H groups in total. The first-order valence-electron chi connectivity index (χ1n) is 8.61. The molecule has 2 aromatic carbocycles. The summed E-state index contributed by atoms with van der Waals surface area (Å²) in [5, 5.41) is 3.96. The lowest BCUT2D eigenvalue weighted by Crippen LogP contribution is -2.35. The zero-order chi connectivity index (χ0) is 23.5. The SMILES string of the molecule is O=C(NC(=O)c1c(F)cccc1Cl)Nc1ccc(Oc2cc(C(F)(F)F)ccc2Cl)nc1. The molecule has 0 aliphatic heterocycles. The van der Waals surface area contributed by atoms with Crippen LogP contribution in [-0.4, -0.2) is 16.9 Å². The van der Waals surface area contributed by atoms with Crippen molar-refractivity contribution in [2.45, 2.75) is 6.18 Å². The zero-order valence-corrected chi connectivity index (χ0v) is 17.1. The van der Waals surface area contributed by atoms with E-state index in [2.05, 4.69) is 10.3 Å². The maximum atomic E-state index is 13.7. The van der Waals surface area contributed by atoms with Crippen LogP contribution in [0, 0.1) is 5.82 Å². The van der Waals surface area contributed by atoms with E-state index in [1.807, 2.05) is 5.32 Å². The molecule has 0 aliphatic rings. The van der Waals surface area contributed by atoms with E-state index < -0.39 is 35.1 Å². The number of alkyl halides is 3. The van der Waals surface area contributed by atoms with Gasteiger partial charge >= 0.3 is 12.2 Å². The van der Waals surface area contributed by atoms with Crippen molar-refractivity contribution in [3.63, 3.8) is 0 Å². The highest BCUT2D eigenvalue weighted by molar-refractivity contribution is 6.34. The Morgan fingerprint density at radius 1 is 1.00 bits per heavy atom. The smallest absolute Gasteiger partial charge is 0.416 e. The van der Waals surface area contributed by atoms with E-state index in [1.165, 1.54) is 24.3 Å². The second kappa shape index (κ2) is 9.41. The fourth-order valence-electron chi connectivity index (χ4n) is 2.43. The van der Waals surface area contributed by atoms with Gasteiger partial charge in [0.2, 0.25) is 5.88 Å². The van der Waals surface area contributed by atoms with Crippen LogP contribution in [0.4, 0.5) is 28.0 Å². The van der Waals surface area contributed by atoms with Crippen molar-refractivity contribution in [1.82, 2.24) is 10.3 Å². The molecule has 0 atom stereocenters. The minimum absolute atomic E-state index is 0.0632. The van der Waals surface area contributed by atoms with E-state index >= 15 is 0 Å². The van der Waals surface area contributed by atoms with E-state index in [4.69, 9.17) is 27.9 Å². The normalized spacial score (nSPS) is 11.1. The summed E-state index contributed by atoms with van der Waals surface area (Å²) in [4.78, 5) is 27.9. The van der Waals surface area contributed by atoms with Crippen molar-refractivity contribution < 1.29 is 31.9 Å². The Labute approximate surface area is 188 Å². The molecule has 12 heteroatoms. The third-order valence-electron chi connectivity index (χ3n) is 3.88. The van der Waals surface area contributed by atoms with Gasteiger partial charge in [0.25, 0.3) is 5.91 Å². The highest BCUT2D eigenvalue weighted by atomic mass is 35.5. The van der Waals surface area contributed by atoms with E-state index in [9.17, 15) is 27.2 Å². The average Bonchev–Trinajstić information content (AvgIpc) is 2.70. The first-order valence-corrected chi connectivity index (χ1v) is 9.37. The lowest BCUT2D eigenvalue weighted by molar-refractivity contribution is -0.137. The molecule has 166 valence electrons. The molecule has 3 rings (SSSR count). The molecule has 1 aromatic heterocycles. The van der Waals surface area contributed by atoms with Crippen LogP contribution < -0.4 is 15.4 Å². The maximum Gasteiger partial charge on any atom is 0.416 e. The van der Waals surface area contributed by atoms with E-state index in [1.54, 1.807) is 0 Å². The fraction of sp³-hybridized carbons (Fsp3) is 0.0500. The van der Waals surface area contributed by atoms with Crippen LogP contribution in [0.3, 0.4) is 0 Å². The lowest BCUT2D eigenvalue weighted by atomic mass is 10.2. The number of pyridine rings is 1. The molecule has 0 unspecified atom stereocenters. The predicted octanol–water partition coefficient (Wildman–Crippen LogP) is 6.30. The number of nitrogens with zero attached hydrogens (tertiary/aromatic N) is 1. The van der Waals surface area contributed by atoms with Gasteiger partial charge in [-0.3, -0.25) is 10.1 Å². The van der Waals surface area contributed by atoms with Crippen LogP contribution in [0.5, 0.6) is 11.6 Å². The van der Waals surface area contributed by atoms with E-state index in [0.717, 1.165) is 30.5 Å². The molecule has 0 fully saturated rings. The molecule has 0 saturated carbocycles. The summed E-state index contributed by atoms with van der Waals surface area (Å²) in [5.74, 6) is -2.33. The molecule has 0 radical (unpaired) electrons. The van der Waals surface area contributed by atoms with Crippen LogP contribution in [0.2, 0.25) is 10.0 Å². The first-order chi connectivity index (χ1) is 15.0. The van der Waals surface area contributed by atoms with Crippen LogP contribution in [-0.2, 0) is 6.18 Å². The van der Waals surface area contributed by atoms with Crippen LogP contribution >= 0.6 is 23.2 Å². The molecule has 3 aromatic rings. The van der Waals surface area contributed by atoms with Crippen molar-refractivity contribution in [2.75, 3.05) is 5.32 Å². The second-order valence-corrected chi connectivity index (χ2v) is 6.95. The van der Waals surface area contributed by atoms with Crippen molar-refractivity contribution in [1.29, 1.82) is 0 Å². The Morgan fingerprint density at radius 2 is 1.75 bits per heavy atom. The Bertz CT molecular complexity index is 1150. The third-order valence-corrected chi connectivity index (χ3v) is 4.51. The summed E-state index contributed by atoms with van der Waals surface area (Å²) in [5.41, 5.74) is -1.34. The number of nitrogens with one attached hydrogen (secondary N) is 2. The molecule has 1 heterocycles. The monoisotopic (exact) mass is 487 g/mol. The largest absolute Gasteiger partial charge is 0.437 e. The number of anilines is 1. The average molecular weight is 488 g/mol. The number of carbonyl (C=O) groups is 2. The first kappa shape index (κ1) is 23.3. The molecule has 0 aliphatic carbocycles. The van der Waals surface area contributed by atoms with Crippen LogP contribution in [0.25, 0.3) is 0 Å². The molecule has 0 saturated heterocycles. The highest BCUT2D eigenvalue weighted by Crippen LogP contribution is 2.36. The molecule has 3 amide bonds.